The number of ether oxygens (including phenoxy) is 2. The molecule has 0 spiro atoms. The van der Waals surface area contributed by atoms with Gasteiger partial charge in [-0.25, -0.2) is 9.59 Å². The molecule has 3 heterocycles. The summed E-state index contributed by atoms with van der Waals surface area (Å²) < 4.78 is 11.5. The SMILES string of the molecule is C=CC1C[C@]1(NC(=O)C1CCCN1C(=O)C(NC(=O)O[C@H]1C[C@H]2CC[C@@H](C1)O2)C(C)(C)C)C(=O)O. The Morgan fingerprint density at radius 1 is 1.17 bits per heavy atom. The fourth-order valence-corrected chi connectivity index (χ4v) is 5.65. The summed E-state index contributed by atoms with van der Waals surface area (Å²) in [6.45, 7) is 9.52. The highest BCUT2D eigenvalue weighted by Crippen LogP contribution is 2.45. The molecule has 3 saturated heterocycles. The molecule has 4 rings (SSSR count). The number of aliphatic carboxylic acids is 1. The van der Waals surface area contributed by atoms with E-state index in [1.165, 1.54) is 11.0 Å². The molecule has 1 saturated carbocycles. The summed E-state index contributed by atoms with van der Waals surface area (Å²) in [6, 6.07) is -1.70. The minimum absolute atomic E-state index is 0.122. The molecule has 3 amide bonds. The van der Waals surface area contributed by atoms with Gasteiger partial charge in [0.2, 0.25) is 11.8 Å². The fourth-order valence-electron chi connectivity index (χ4n) is 5.65. The van der Waals surface area contributed by atoms with E-state index in [0.717, 1.165) is 12.8 Å². The molecule has 3 aliphatic heterocycles. The van der Waals surface area contributed by atoms with Gasteiger partial charge in [0, 0.05) is 25.3 Å². The van der Waals surface area contributed by atoms with Crippen molar-refractivity contribution < 1.29 is 33.8 Å². The molecule has 3 unspecified atom stereocenters. The number of hydrogen-bond acceptors (Lipinski definition) is 6. The molecule has 3 N–H and O–H groups in total. The Kier molecular flexibility index (Phi) is 6.87. The molecule has 194 valence electrons. The van der Waals surface area contributed by atoms with Crippen LogP contribution in [0.1, 0.15) is 65.7 Å². The third kappa shape index (κ3) is 5.17. The van der Waals surface area contributed by atoms with Crippen molar-refractivity contribution >= 4 is 23.9 Å². The van der Waals surface area contributed by atoms with Crippen LogP contribution in [-0.4, -0.2) is 76.4 Å². The molecule has 4 aliphatic rings. The van der Waals surface area contributed by atoms with Crippen LogP contribution in [0.2, 0.25) is 0 Å². The van der Waals surface area contributed by atoms with Crippen LogP contribution in [0.15, 0.2) is 12.7 Å². The Hall–Kier alpha value is -2.62. The van der Waals surface area contributed by atoms with E-state index in [-0.39, 0.29) is 36.6 Å². The summed E-state index contributed by atoms with van der Waals surface area (Å²) in [7, 11) is 0. The monoisotopic (exact) mass is 491 g/mol. The second-order valence-electron chi connectivity index (χ2n) is 11.4. The number of hydrogen-bond donors (Lipinski definition) is 3. The zero-order valence-corrected chi connectivity index (χ0v) is 20.7. The molecule has 0 radical (unpaired) electrons. The van der Waals surface area contributed by atoms with Crippen LogP contribution in [0, 0.1) is 11.3 Å². The van der Waals surface area contributed by atoms with Crippen molar-refractivity contribution in [1.82, 2.24) is 15.5 Å². The zero-order valence-electron chi connectivity index (χ0n) is 20.7. The van der Waals surface area contributed by atoms with Crippen LogP contribution < -0.4 is 10.6 Å². The van der Waals surface area contributed by atoms with Gasteiger partial charge in [0.25, 0.3) is 0 Å². The van der Waals surface area contributed by atoms with Gasteiger partial charge in [-0.3, -0.25) is 9.59 Å². The summed E-state index contributed by atoms with van der Waals surface area (Å²) in [6.07, 6.45) is 5.46. The first-order valence-corrected chi connectivity index (χ1v) is 12.6. The minimum Gasteiger partial charge on any atom is -0.479 e. The van der Waals surface area contributed by atoms with Gasteiger partial charge in [-0.05, 0) is 37.5 Å². The smallest absolute Gasteiger partial charge is 0.408 e. The van der Waals surface area contributed by atoms with E-state index in [9.17, 15) is 24.3 Å². The maximum absolute atomic E-state index is 13.6. The highest BCUT2D eigenvalue weighted by molar-refractivity contribution is 5.96. The van der Waals surface area contributed by atoms with Crippen molar-refractivity contribution in [3.8, 4) is 0 Å². The molecule has 4 fully saturated rings. The van der Waals surface area contributed by atoms with Crippen LogP contribution in [-0.2, 0) is 23.9 Å². The Morgan fingerprint density at radius 2 is 1.83 bits per heavy atom. The molecular weight excluding hydrogens is 454 g/mol. The highest BCUT2D eigenvalue weighted by atomic mass is 16.6. The van der Waals surface area contributed by atoms with Gasteiger partial charge >= 0.3 is 12.1 Å². The number of rotatable bonds is 7. The summed E-state index contributed by atoms with van der Waals surface area (Å²) in [5, 5.41) is 15.0. The van der Waals surface area contributed by atoms with Gasteiger partial charge < -0.3 is 30.1 Å². The molecule has 0 aromatic carbocycles. The van der Waals surface area contributed by atoms with E-state index in [2.05, 4.69) is 17.2 Å². The number of likely N-dealkylation sites (tertiary alicyclic amines) is 1. The predicted molar refractivity (Wildman–Crippen MR) is 125 cm³/mol. The van der Waals surface area contributed by atoms with E-state index >= 15 is 0 Å². The first-order valence-electron chi connectivity index (χ1n) is 12.6. The maximum Gasteiger partial charge on any atom is 0.408 e. The molecule has 1 aliphatic carbocycles. The second kappa shape index (κ2) is 9.44. The fraction of sp³-hybridized carbons (Fsp3) is 0.760. The lowest BCUT2D eigenvalue weighted by Crippen LogP contribution is -2.59. The Bertz CT molecular complexity index is 888. The summed E-state index contributed by atoms with van der Waals surface area (Å²) >= 11 is 0. The van der Waals surface area contributed by atoms with Crippen LogP contribution in [0.25, 0.3) is 0 Å². The second-order valence-corrected chi connectivity index (χ2v) is 11.4. The largest absolute Gasteiger partial charge is 0.479 e. The van der Waals surface area contributed by atoms with Gasteiger partial charge in [-0.2, -0.15) is 0 Å². The van der Waals surface area contributed by atoms with E-state index in [0.29, 0.717) is 32.2 Å². The third-order valence-corrected chi connectivity index (χ3v) is 7.76. The molecule has 0 aromatic rings. The first kappa shape index (κ1) is 25.5. The molecule has 2 bridgehead atoms. The van der Waals surface area contributed by atoms with Crippen LogP contribution in [0.3, 0.4) is 0 Å². The number of carbonyl (C=O) groups is 4. The van der Waals surface area contributed by atoms with E-state index in [1.54, 1.807) is 0 Å². The van der Waals surface area contributed by atoms with Crippen LogP contribution in [0.5, 0.6) is 0 Å². The average Bonchev–Trinajstić information content (AvgIpc) is 3.10. The number of fused-ring (bicyclic) bond motifs is 2. The van der Waals surface area contributed by atoms with Gasteiger partial charge in [0.05, 0.1) is 12.2 Å². The third-order valence-electron chi connectivity index (χ3n) is 7.76. The van der Waals surface area contributed by atoms with Gasteiger partial charge in [0.15, 0.2) is 0 Å². The van der Waals surface area contributed by atoms with Crippen molar-refractivity contribution in [2.45, 2.75) is 102 Å². The molecular formula is C25H37N3O7. The molecule has 10 heteroatoms. The van der Waals surface area contributed by atoms with Crippen molar-refractivity contribution in [1.29, 1.82) is 0 Å². The van der Waals surface area contributed by atoms with E-state index < -0.39 is 41.0 Å². The van der Waals surface area contributed by atoms with Crippen molar-refractivity contribution in [2.75, 3.05) is 6.54 Å². The number of nitrogens with zero attached hydrogens (tertiary/aromatic N) is 1. The number of carboxylic acid groups (broad SMARTS) is 1. The first-order chi connectivity index (χ1) is 16.4. The zero-order chi connectivity index (χ0) is 25.5. The standard InChI is InChI=1S/C25H37N3O7/c1-5-14-13-25(14,22(31)32)27-20(29)18-7-6-10-28(18)21(30)19(24(2,3)4)26-23(33)35-17-11-15-8-9-16(12-17)34-15/h5,14-19H,1,6-13H2,2-4H3,(H,26,33)(H,27,29)(H,31,32)/t14?,15-,16+,17+,18?,19?,25-/m1/s1. The van der Waals surface area contributed by atoms with Crippen molar-refractivity contribution in [3.63, 3.8) is 0 Å². The minimum atomic E-state index is -1.36. The lowest BCUT2D eigenvalue weighted by Gasteiger charge is -2.36. The van der Waals surface area contributed by atoms with Crippen molar-refractivity contribution in [3.05, 3.63) is 12.7 Å². The Morgan fingerprint density at radius 3 is 2.37 bits per heavy atom. The van der Waals surface area contributed by atoms with Crippen LogP contribution in [0.4, 0.5) is 4.79 Å². The van der Waals surface area contributed by atoms with Gasteiger partial charge in [-0.15, -0.1) is 6.58 Å². The summed E-state index contributed by atoms with van der Waals surface area (Å²) in [4.78, 5) is 52.7. The van der Waals surface area contributed by atoms with Gasteiger partial charge in [0.1, 0.15) is 23.7 Å². The number of carbonyl (C=O) groups excluding carboxylic acids is 3. The quantitative estimate of drug-likeness (QED) is 0.464. The molecule has 10 nitrogen and oxygen atoms in total. The predicted octanol–water partition coefficient (Wildman–Crippen LogP) is 1.97. The molecule has 0 aromatic heterocycles. The Balaban J connectivity index is 1.41. The van der Waals surface area contributed by atoms with E-state index in [1.807, 2.05) is 20.8 Å². The lowest BCUT2D eigenvalue weighted by atomic mass is 9.85. The average molecular weight is 492 g/mol. The summed E-state index contributed by atoms with van der Waals surface area (Å²) in [5.74, 6) is -2.31. The summed E-state index contributed by atoms with van der Waals surface area (Å²) in [5.41, 5.74) is -1.99. The number of carboxylic acids is 1. The maximum atomic E-state index is 13.6. The normalized spacial score (nSPS) is 34.6. The number of amides is 3. The van der Waals surface area contributed by atoms with Crippen LogP contribution >= 0.6 is 0 Å². The lowest BCUT2D eigenvalue weighted by molar-refractivity contribution is -0.146. The highest BCUT2D eigenvalue weighted by Gasteiger charge is 2.61. The topological polar surface area (TPSA) is 134 Å². The number of nitrogens with one attached hydrogen (secondary N) is 2. The molecule has 7 atom stereocenters. The van der Waals surface area contributed by atoms with E-state index in [4.69, 9.17) is 9.47 Å². The number of alkyl carbamates (subject to hydrolysis) is 1. The molecule has 35 heavy (non-hydrogen) atoms. The van der Waals surface area contributed by atoms with Gasteiger partial charge in [-0.1, -0.05) is 26.8 Å². The van der Waals surface area contributed by atoms with Crippen molar-refractivity contribution in [2.24, 2.45) is 11.3 Å². The Labute approximate surface area is 205 Å².